The fourth-order valence-corrected chi connectivity index (χ4v) is 2.59. The number of hydrogen-bond acceptors (Lipinski definition) is 3. The molecule has 0 atom stereocenters. The smallest absolute Gasteiger partial charge is 0.140 e. The van der Waals surface area contributed by atoms with Crippen molar-refractivity contribution in [3.63, 3.8) is 0 Å². The average Bonchev–Trinajstić information content (AvgIpc) is 2.79. The van der Waals surface area contributed by atoms with Crippen molar-refractivity contribution in [3.05, 3.63) is 51.7 Å². The molecule has 6 heteroatoms. The molecule has 2 aromatic carbocycles. The molecule has 0 amide bonds. The molecule has 0 bridgehead atoms. The Balaban J connectivity index is 2.30. The molecule has 0 spiro atoms. The lowest BCUT2D eigenvalue weighted by Crippen LogP contribution is -2.01. The summed E-state index contributed by atoms with van der Waals surface area (Å²) in [5.74, 6) is 0.545. The number of rotatable bonds is 2. The predicted molar refractivity (Wildman–Crippen MR) is 84.1 cm³/mol. The van der Waals surface area contributed by atoms with E-state index >= 15 is 0 Å². The topological polar surface area (TPSA) is 64.1 Å². The second-order valence-electron chi connectivity index (χ2n) is 4.37. The van der Waals surface area contributed by atoms with E-state index in [4.69, 9.17) is 17.3 Å². The number of nitrogens with two attached hydrogens (primary N) is 1. The zero-order valence-corrected chi connectivity index (χ0v) is 12.7. The van der Waals surface area contributed by atoms with Crippen molar-refractivity contribution in [2.75, 3.05) is 5.73 Å². The van der Waals surface area contributed by atoms with Crippen LogP contribution in [0.2, 0.25) is 5.02 Å². The van der Waals surface area contributed by atoms with Crippen molar-refractivity contribution in [2.45, 2.75) is 6.61 Å². The third-order valence-corrected chi connectivity index (χ3v) is 4.28. The molecule has 4 nitrogen and oxygen atoms in total. The number of benzene rings is 2. The maximum Gasteiger partial charge on any atom is 0.140 e. The largest absolute Gasteiger partial charge is 0.399 e. The third-order valence-electron chi connectivity index (χ3n) is 3.05. The van der Waals surface area contributed by atoms with Gasteiger partial charge in [0.15, 0.2) is 0 Å². The van der Waals surface area contributed by atoms with Crippen LogP contribution in [0.15, 0.2) is 40.9 Å². The summed E-state index contributed by atoms with van der Waals surface area (Å²) in [7, 11) is 0. The van der Waals surface area contributed by atoms with E-state index in [9.17, 15) is 5.11 Å². The number of fused-ring (bicyclic) bond motifs is 1. The molecule has 3 rings (SSSR count). The molecule has 0 radical (unpaired) electrons. The minimum Gasteiger partial charge on any atom is -0.399 e. The Kier molecular flexibility index (Phi) is 3.41. The van der Waals surface area contributed by atoms with Crippen LogP contribution >= 0.6 is 27.5 Å². The van der Waals surface area contributed by atoms with Crippen LogP contribution in [-0.2, 0) is 6.61 Å². The molecule has 0 aliphatic carbocycles. The van der Waals surface area contributed by atoms with Gasteiger partial charge in [0, 0.05) is 15.8 Å². The first kappa shape index (κ1) is 13.4. The fraction of sp³-hybridized carbons (Fsp3) is 0.0714. The third kappa shape index (κ3) is 2.18. The molecule has 0 saturated heterocycles. The molecular weight excluding hydrogens is 342 g/mol. The van der Waals surface area contributed by atoms with Crippen molar-refractivity contribution in [3.8, 4) is 5.69 Å². The van der Waals surface area contributed by atoms with E-state index in [0.717, 1.165) is 21.2 Å². The first-order chi connectivity index (χ1) is 9.60. The van der Waals surface area contributed by atoms with Crippen LogP contribution in [0, 0.1) is 0 Å². The van der Waals surface area contributed by atoms with Gasteiger partial charge in [-0.2, -0.15) is 0 Å². The summed E-state index contributed by atoms with van der Waals surface area (Å²) >= 11 is 9.50. The summed E-state index contributed by atoms with van der Waals surface area (Å²) in [6, 6.07) is 11.1. The van der Waals surface area contributed by atoms with E-state index < -0.39 is 0 Å². The normalized spacial score (nSPS) is 11.2. The highest BCUT2D eigenvalue weighted by Crippen LogP contribution is 2.28. The molecule has 0 aliphatic rings. The molecule has 20 heavy (non-hydrogen) atoms. The Hall–Kier alpha value is -1.56. The quantitative estimate of drug-likeness (QED) is 0.694. The van der Waals surface area contributed by atoms with Gasteiger partial charge in [0.25, 0.3) is 0 Å². The monoisotopic (exact) mass is 351 g/mol. The van der Waals surface area contributed by atoms with Gasteiger partial charge in [-0.15, -0.1) is 0 Å². The number of aliphatic hydroxyl groups excluding tert-OH is 1. The lowest BCUT2D eigenvalue weighted by Gasteiger charge is -2.09. The Morgan fingerprint density at radius 2 is 2.05 bits per heavy atom. The SMILES string of the molecule is Nc1ccc2c(c1)nc(CO)n2-c1ccc(Br)c(Cl)c1. The van der Waals surface area contributed by atoms with E-state index in [-0.39, 0.29) is 6.61 Å². The predicted octanol–water partition coefficient (Wildman–Crippen LogP) is 3.52. The molecule has 0 unspecified atom stereocenters. The van der Waals surface area contributed by atoms with Gasteiger partial charge < -0.3 is 10.8 Å². The number of halogens is 2. The highest BCUT2D eigenvalue weighted by Gasteiger charge is 2.12. The average molecular weight is 353 g/mol. The van der Waals surface area contributed by atoms with Crippen molar-refractivity contribution in [1.29, 1.82) is 0 Å². The number of aliphatic hydroxyl groups is 1. The summed E-state index contributed by atoms with van der Waals surface area (Å²) in [6.07, 6.45) is 0. The van der Waals surface area contributed by atoms with Gasteiger partial charge >= 0.3 is 0 Å². The van der Waals surface area contributed by atoms with Gasteiger partial charge in [0.05, 0.1) is 16.1 Å². The number of aromatic nitrogens is 2. The van der Waals surface area contributed by atoms with Gasteiger partial charge in [-0.3, -0.25) is 4.57 Å². The molecule has 0 aliphatic heterocycles. The maximum atomic E-state index is 9.52. The minimum atomic E-state index is -0.164. The molecule has 0 saturated carbocycles. The van der Waals surface area contributed by atoms with Crippen molar-refractivity contribution in [1.82, 2.24) is 9.55 Å². The van der Waals surface area contributed by atoms with Crippen LogP contribution in [0.25, 0.3) is 16.7 Å². The van der Waals surface area contributed by atoms with Crippen LogP contribution in [0.5, 0.6) is 0 Å². The molecule has 3 N–H and O–H groups in total. The van der Waals surface area contributed by atoms with E-state index in [2.05, 4.69) is 20.9 Å². The molecule has 3 aromatic rings. The summed E-state index contributed by atoms with van der Waals surface area (Å²) in [5.41, 5.74) is 8.87. The first-order valence-corrected chi connectivity index (χ1v) is 7.10. The molecule has 0 fully saturated rings. The number of hydrogen-bond donors (Lipinski definition) is 2. The Morgan fingerprint density at radius 1 is 1.25 bits per heavy atom. The van der Waals surface area contributed by atoms with Gasteiger partial charge in [-0.1, -0.05) is 11.6 Å². The number of imidazole rings is 1. The van der Waals surface area contributed by atoms with E-state index in [1.807, 2.05) is 34.9 Å². The Bertz CT molecular complexity index is 800. The molecule has 1 heterocycles. The number of anilines is 1. The van der Waals surface area contributed by atoms with Gasteiger partial charge in [-0.25, -0.2) is 4.98 Å². The van der Waals surface area contributed by atoms with Crippen molar-refractivity contribution >= 4 is 44.3 Å². The van der Waals surface area contributed by atoms with Crippen LogP contribution in [-0.4, -0.2) is 14.7 Å². The lowest BCUT2D eigenvalue weighted by molar-refractivity contribution is 0.270. The van der Waals surface area contributed by atoms with Crippen molar-refractivity contribution < 1.29 is 5.11 Å². The second-order valence-corrected chi connectivity index (χ2v) is 5.63. The van der Waals surface area contributed by atoms with Crippen LogP contribution in [0.4, 0.5) is 5.69 Å². The van der Waals surface area contributed by atoms with Crippen LogP contribution in [0.1, 0.15) is 5.82 Å². The Morgan fingerprint density at radius 3 is 2.75 bits per heavy atom. The highest BCUT2D eigenvalue weighted by molar-refractivity contribution is 9.10. The molecular formula is C14H11BrClN3O. The van der Waals surface area contributed by atoms with Crippen molar-refractivity contribution in [2.24, 2.45) is 0 Å². The summed E-state index contributed by atoms with van der Waals surface area (Å²) in [5, 5.41) is 10.1. The van der Waals surface area contributed by atoms with Gasteiger partial charge in [0.1, 0.15) is 12.4 Å². The van der Waals surface area contributed by atoms with E-state index in [1.165, 1.54) is 0 Å². The van der Waals surface area contributed by atoms with Gasteiger partial charge in [-0.05, 0) is 52.3 Å². The van der Waals surface area contributed by atoms with E-state index in [0.29, 0.717) is 16.5 Å². The Labute approximate surface area is 128 Å². The summed E-state index contributed by atoms with van der Waals surface area (Å²) in [4.78, 5) is 4.40. The summed E-state index contributed by atoms with van der Waals surface area (Å²) < 4.78 is 2.69. The standard InChI is InChI=1S/C14H11BrClN3O/c15-10-3-2-9(6-11(10)16)19-13-4-1-8(17)5-12(13)18-14(19)7-20/h1-6,20H,7,17H2. The number of nitrogen functional groups attached to an aromatic ring is 1. The zero-order chi connectivity index (χ0) is 14.3. The lowest BCUT2D eigenvalue weighted by atomic mass is 10.2. The minimum absolute atomic E-state index is 0.164. The highest BCUT2D eigenvalue weighted by atomic mass is 79.9. The summed E-state index contributed by atoms with van der Waals surface area (Å²) in [6.45, 7) is -0.164. The van der Waals surface area contributed by atoms with Gasteiger partial charge in [0.2, 0.25) is 0 Å². The van der Waals surface area contributed by atoms with E-state index in [1.54, 1.807) is 6.07 Å². The zero-order valence-electron chi connectivity index (χ0n) is 10.3. The second kappa shape index (κ2) is 5.09. The van der Waals surface area contributed by atoms with Crippen LogP contribution in [0.3, 0.4) is 0 Å². The van der Waals surface area contributed by atoms with Crippen LogP contribution < -0.4 is 5.73 Å². The maximum absolute atomic E-state index is 9.52. The molecule has 1 aromatic heterocycles. The number of nitrogens with zero attached hydrogens (tertiary/aromatic N) is 2. The fourth-order valence-electron chi connectivity index (χ4n) is 2.17. The molecule has 102 valence electrons. The first-order valence-electron chi connectivity index (χ1n) is 5.93.